The summed E-state index contributed by atoms with van der Waals surface area (Å²) < 4.78 is 13.6. The van der Waals surface area contributed by atoms with E-state index in [1.807, 2.05) is 6.07 Å². The normalized spacial score (nSPS) is 11.2. The molecule has 92 valence electrons. The molecule has 1 aromatic carbocycles. The SMILES string of the molecule is CSC(C)(C)CNCc1cc(C#N)ccc1F. The molecule has 0 saturated carbocycles. The molecule has 0 aliphatic carbocycles. The number of thioether (sulfide) groups is 1. The van der Waals surface area contributed by atoms with Crippen molar-refractivity contribution in [3.05, 3.63) is 35.1 Å². The smallest absolute Gasteiger partial charge is 0.127 e. The Morgan fingerprint density at radius 2 is 2.18 bits per heavy atom. The van der Waals surface area contributed by atoms with E-state index in [4.69, 9.17) is 5.26 Å². The Morgan fingerprint density at radius 3 is 2.76 bits per heavy atom. The van der Waals surface area contributed by atoms with Crippen molar-refractivity contribution in [1.82, 2.24) is 5.32 Å². The summed E-state index contributed by atoms with van der Waals surface area (Å²) in [5.74, 6) is -0.265. The van der Waals surface area contributed by atoms with Gasteiger partial charge in [0.05, 0.1) is 11.6 Å². The molecular weight excluding hydrogens is 235 g/mol. The summed E-state index contributed by atoms with van der Waals surface area (Å²) in [6.45, 7) is 5.51. The highest BCUT2D eigenvalue weighted by Gasteiger charge is 2.15. The van der Waals surface area contributed by atoms with Crippen molar-refractivity contribution in [2.24, 2.45) is 0 Å². The second-order valence-electron chi connectivity index (χ2n) is 4.49. The first kappa shape index (κ1) is 14.0. The third-order valence-electron chi connectivity index (χ3n) is 2.59. The van der Waals surface area contributed by atoms with Crippen LogP contribution in [0.4, 0.5) is 4.39 Å². The number of nitrogens with one attached hydrogen (secondary N) is 1. The lowest BCUT2D eigenvalue weighted by Gasteiger charge is -2.22. The van der Waals surface area contributed by atoms with Gasteiger partial charge in [0.15, 0.2) is 0 Å². The molecule has 0 fully saturated rings. The van der Waals surface area contributed by atoms with Gasteiger partial charge in [-0.3, -0.25) is 0 Å². The molecule has 0 atom stereocenters. The zero-order valence-electron chi connectivity index (χ0n) is 10.4. The monoisotopic (exact) mass is 252 g/mol. The number of hydrogen-bond donors (Lipinski definition) is 1. The molecular formula is C13H17FN2S. The fourth-order valence-corrected chi connectivity index (χ4v) is 1.60. The number of benzene rings is 1. The second-order valence-corrected chi connectivity index (χ2v) is 6.00. The quantitative estimate of drug-likeness (QED) is 0.875. The van der Waals surface area contributed by atoms with Gasteiger partial charge in [0.25, 0.3) is 0 Å². The van der Waals surface area contributed by atoms with Crippen molar-refractivity contribution >= 4 is 11.8 Å². The van der Waals surface area contributed by atoms with Crippen LogP contribution in [0.15, 0.2) is 18.2 Å². The Balaban J connectivity index is 2.61. The van der Waals surface area contributed by atoms with Crippen LogP contribution < -0.4 is 5.32 Å². The highest BCUT2D eigenvalue weighted by atomic mass is 32.2. The first-order valence-corrected chi connectivity index (χ1v) is 6.65. The molecule has 0 saturated heterocycles. The number of nitrogens with zero attached hydrogens (tertiary/aromatic N) is 1. The van der Waals surface area contributed by atoms with E-state index in [-0.39, 0.29) is 10.6 Å². The summed E-state index contributed by atoms with van der Waals surface area (Å²) in [5, 5.41) is 12.0. The summed E-state index contributed by atoms with van der Waals surface area (Å²) in [5.41, 5.74) is 1.04. The average Bonchev–Trinajstić information content (AvgIpc) is 2.31. The van der Waals surface area contributed by atoms with E-state index in [9.17, 15) is 4.39 Å². The summed E-state index contributed by atoms with van der Waals surface area (Å²) in [6, 6.07) is 6.44. The molecule has 0 aliphatic heterocycles. The summed E-state index contributed by atoms with van der Waals surface area (Å²) in [7, 11) is 0. The predicted octanol–water partition coefficient (Wildman–Crippen LogP) is 2.93. The fourth-order valence-electron chi connectivity index (χ4n) is 1.35. The van der Waals surface area contributed by atoms with Crippen molar-refractivity contribution in [2.45, 2.75) is 25.1 Å². The molecule has 2 nitrogen and oxygen atoms in total. The van der Waals surface area contributed by atoms with Gasteiger partial charge >= 0.3 is 0 Å². The van der Waals surface area contributed by atoms with E-state index < -0.39 is 0 Å². The van der Waals surface area contributed by atoms with Crippen LogP contribution in [0.25, 0.3) is 0 Å². The van der Waals surface area contributed by atoms with Crippen LogP contribution in [0.3, 0.4) is 0 Å². The van der Waals surface area contributed by atoms with Crippen molar-refractivity contribution in [1.29, 1.82) is 5.26 Å². The molecule has 0 heterocycles. The Kier molecular flexibility index (Phi) is 4.98. The molecule has 0 spiro atoms. The van der Waals surface area contributed by atoms with E-state index in [0.29, 0.717) is 17.7 Å². The third-order valence-corrected chi connectivity index (χ3v) is 3.84. The van der Waals surface area contributed by atoms with Gasteiger partial charge in [-0.05, 0) is 38.3 Å². The highest BCUT2D eigenvalue weighted by molar-refractivity contribution is 7.99. The van der Waals surface area contributed by atoms with Crippen LogP contribution >= 0.6 is 11.8 Å². The minimum absolute atomic E-state index is 0.128. The molecule has 0 amide bonds. The molecule has 4 heteroatoms. The van der Waals surface area contributed by atoms with E-state index in [1.165, 1.54) is 12.1 Å². The van der Waals surface area contributed by atoms with Gasteiger partial charge in [-0.2, -0.15) is 17.0 Å². The lowest BCUT2D eigenvalue weighted by atomic mass is 10.1. The lowest BCUT2D eigenvalue weighted by Crippen LogP contribution is -2.31. The van der Waals surface area contributed by atoms with Crippen molar-refractivity contribution < 1.29 is 4.39 Å². The maximum Gasteiger partial charge on any atom is 0.127 e. The molecule has 0 radical (unpaired) electrons. The molecule has 1 aromatic rings. The molecule has 0 aromatic heterocycles. The van der Waals surface area contributed by atoms with Crippen molar-refractivity contribution in [2.75, 3.05) is 12.8 Å². The van der Waals surface area contributed by atoms with E-state index in [1.54, 1.807) is 17.8 Å². The van der Waals surface area contributed by atoms with Gasteiger partial charge in [0, 0.05) is 23.4 Å². The Labute approximate surface area is 106 Å². The van der Waals surface area contributed by atoms with Crippen LogP contribution in [-0.2, 0) is 6.54 Å². The van der Waals surface area contributed by atoms with Crippen LogP contribution in [0.2, 0.25) is 0 Å². The number of rotatable bonds is 5. The standard InChI is InChI=1S/C13H17FN2S/c1-13(2,17-3)9-16-8-11-6-10(7-15)4-5-12(11)14/h4-6,16H,8-9H2,1-3H3. The lowest BCUT2D eigenvalue weighted by molar-refractivity contribution is 0.559. The summed E-state index contributed by atoms with van der Waals surface area (Å²) in [6.07, 6.45) is 2.05. The minimum atomic E-state index is -0.265. The van der Waals surface area contributed by atoms with Crippen LogP contribution in [-0.4, -0.2) is 17.5 Å². The van der Waals surface area contributed by atoms with Crippen molar-refractivity contribution in [3.8, 4) is 6.07 Å². The zero-order valence-corrected chi connectivity index (χ0v) is 11.2. The van der Waals surface area contributed by atoms with Gasteiger partial charge in [-0.25, -0.2) is 4.39 Å². The summed E-state index contributed by atoms with van der Waals surface area (Å²) >= 11 is 1.77. The topological polar surface area (TPSA) is 35.8 Å². The average molecular weight is 252 g/mol. The van der Waals surface area contributed by atoms with E-state index in [2.05, 4.69) is 25.4 Å². The Bertz CT molecular complexity index is 424. The van der Waals surface area contributed by atoms with Gasteiger partial charge in [0.1, 0.15) is 5.82 Å². The fraction of sp³-hybridized carbons (Fsp3) is 0.462. The largest absolute Gasteiger partial charge is 0.311 e. The first-order valence-electron chi connectivity index (χ1n) is 5.43. The van der Waals surface area contributed by atoms with E-state index in [0.717, 1.165) is 6.54 Å². The zero-order chi connectivity index (χ0) is 12.9. The molecule has 0 aliphatic rings. The van der Waals surface area contributed by atoms with Gasteiger partial charge in [-0.15, -0.1) is 0 Å². The number of hydrogen-bond acceptors (Lipinski definition) is 3. The molecule has 17 heavy (non-hydrogen) atoms. The maximum absolute atomic E-state index is 13.5. The predicted molar refractivity (Wildman–Crippen MR) is 70.4 cm³/mol. The minimum Gasteiger partial charge on any atom is -0.311 e. The summed E-state index contributed by atoms with van der Waals surface area (Å²) in [4.78, 5) is 0. The Hall–Kier alpha value is -1.05. The number of nitriles is 1. The molecule has 0 bridgehead atoms. The molecule has 0 unspecified atom stereocenters. The van der Waals surface area contributed by atoms with E-state index >= 15 is 0 Å². The van der Waals surface area contributed by atoms with Gasteiger partial charge < -0.3 is 5.32 Å². The van der Waals surface area contributed by atoms with Crippen LogP contribution in [0.5, 0.6) is 0 Å². The maximum atomic E-state index is 13.5. The second kappa shape index (κ2) is 6.04. The van der Waals surface area contributed by atoms with Crippen molar-refractivity contribution in [3.63, 3.8) is 0 Å². The van der Waals surface area contributed by atoms with Crippen LogP contribution in [0.1, 0.15) is 25.0 Å². The Morgan fingerprint density at radius 1 is 1.47 bits per heavy atom. The van der Waals surface area contributed by atoms with Crippen LogP contribution in [0, 0.1) is 17.1 Å². The first-order chi connectivity index (χ1) is 7.98. The third kappa shape index (κ3) is 4.37. The van der Waals surface area contributed by atoms with Gasteiger partial charge in [-0.1, -0.05) is 0 Å². The molecule has 1 rings (SSSR count). The molecule has 1 N–H and O–H groups in total. The number of halogens is 1. The van der Waals surface area contributed by atoms with Gasteiger partial charge in [0.2, 0.25) is 0 Å². The highest BCUT2D eigenvalue weighted by Crippen LogP contribution is 2.20.